The highest BCUT2D eigenvalue weighted by Crippen LogP contribution is 2.54. The van der Waals surface area contributed by atoms with Crippen molar-refractivity contribution in [3.05, 3.63) is 65.7 Å². The second-order valence-corrected chi connectivity index (χ2v) is 7.86. The van der Waals surface area contributed by atoms with Crippen molar-refractivity contribution >= 4 is 5.91 Å². The van der Waals surface area contributed by atoms with E-state index in [-0.39, 0.29) is 36.6 Å². The molecule has 2 aliphatic rings. The van der Waals surface area contributed by atoms with Crippen LogP contribution < -0.4 is 4.74 Å². The summed E-state index contributed by atoms with van der Waals surface area (Å²) in [6.07, 6.45) is 0. The van der Waals surface area contributed by atoms with Gasteiger partial charge in [0.25, 0.3) is 0 Å². The van der Waals surface area contributed by atoms with Crippen molar-refractivity contribution in [1.29, 1.82) is 0 Å². The number of methoxy groups -OCH3 is 2. The molecule has 4 rings (SSSR count). The SMILES string of the molecule is COCC(=O)N1CC2(C1)[C@@H](c1ccccc1)[C@@H](CO)N2Cc1ccccc1OC. The van der Waals surface area contributed by atoms with E-state index in [1.807, 2.05) is 41.3 Å². The largest absolute Gasteiger partial charge is 0.496 e. The zero-order valence-electron chi connectivity index (χ0n) is 17.0. The number of amides is 1. The second-order valence-electron chi connectivity index (χ2n) is 7.86. The predicted molar refractivity (Wildman–Crippen MR) is 110 cm³/mol. The Hall–Kier alpha value is -2.41. The number of likely N-dealkylation sites (tertiary alicyclic amines) is 2. The van der Waals surface area contributed by atoms with E-state index in [4.69, 9.17) is 9.47 Å². The van der Waals surface area contributed by atoms with Gasteiger partial charge in [-0.15, -0.1) is 0 Å². The van der Waals surface area contributed by atoms with Gasteiger partial charge in [-0.05, 0) is 11.6 Å². The van der Waals surface area contributed by atoms with Crippen molar-refractivity contribution in [2.24, 2.45) is 0 Å². The number of para-hydroxylation sites is 1. The quantitative estimate of drug-likeness (QED) is 0.774. The van der Waals surface area contributed by atoms with Gasteiger partial charge in [0.2, 0.25) is 5.91 Å². The third-order valence-electron chi connectivity index (χ3n) is 6.36. The smallest absolute Gasteiger partial charge is 0.248 e. The van der Waals surface area contributed by atoms with Crippen molar-refractivity contribution in [3.63, 3.8) is 0 Å². The first-order chi connectivity index (χ1) is 14.1. The van der Waals surface area contributed by atoms with Crippen LogP contribution in [0.2, 0.25) is 0 Å². The number of carbonyl (C=O) groups excluding carboxylic acids is 1. The van der Waals surface area contributed by atoms with Gasteiger partial charge in [-0.25, -0.2) is 0 Å². The van der Waals surface area contributed by atoms with Gasteiger partial charge in [0, 0.05) is 44.3 Å². The number of benzene rings is 2. The lowest BCUT2D eigenvalue weighted by Gasteiger charge is -2.70. The first-order valence-corrected chi connectivity index (χ1v) is 9.95. The Morgan fingerprint density at radius 1 is 1.10 bits per heavy atom. The first-order valence-electron chi connectivity index (χ1n) is 9.95. The summed E-state index contributed by atoms with van der Waals surface area (Å²) >= 11 is 0. The molecule has 2 atom stereocenters. The fraction of sp³-hybridized carbons (Fsp3) is 0.435. The van der Waals surface area contributed by atoms with Crippen molar-refractivity contribution in [2.45, 2.75) is 24.0 Å². The van der Waals surface area contributed by atoms with Gasteiger partial charge in [0.1, 0.15) is 12.4 Å². The lowest BCUT2D eigenvalue weighted by atomic mass is 9.60. The summed E-state index contributed by atoms with van der Waals surface area (Å²) < 4.78 is 10.6. The lowest BCUT2D eigenvalue weighted by molar-refractivity contribution is -0.201. The average Bonchev–Trinajstić information content (AvgIpc) is 2.71. The van der Waals surface area contributed by atoms with Crippen LogP contribution in [0.1, 0.15) is 17.0 Å². The summed E-state index contributed by atoms with van der Waals surface area (Å²) in [5.74, 6) is 1.03. The van der Waals surface area contributed by atoms with Crippen LogP contribution in [-0.2, 0) is 16.1 Å². The molecule has 2 aliphatic heterocycles. The molecule has 2 aromatic rings. The number of aliphatic hydroxyl groups excluding tert-OH is 1. The van der Waals surface area contributed by atoms with Gasteiger partial charge in [-0.2, -0.15) is 0 Å². The molecule has 6 nitrogen and oxygen atoms in total. The molecule has 2 saturated heterocycles. The van der Waals surface area contributed by atoms with Crippen molar-refractivity contribution in [2.75, 3.05) is 40.5 Å². The van der Waals surface area contributed by atoms with Crippen LogP contribution in [-0.4, -0.2) is 72.9 Å². The molecule has 0 radical (unpaired) electrons. The Balaban J connectivity index is 1.63. The van der Waals surface area contributed by atoms with E-state index in [2.05, 4.69) is 23.1 Å². The fourth-order valence-electron chi connectivity index (χ4n) is 5.04. The van der Waals surface area contributed by atoms with Gasteiger partial charge < -0.3 is 19.5 Å². The molecule has 0 aromatic heterocycles. The third kappa shape index (κ3) is 3.31. The molecule has 0 aliphatic carbocycles. The number of ether oxygens (including phenoxy) is 2. The Morgan fingerprint density at radius 3 is 2.45 bits per heavy atom. The number of hydrogen-bond acceptors (Lipinski definition) is 5. The topological polar surface area (TPSA) is 62.2 Å². The summed E-state index contributed by atoms with van der Waals surface area (Å²) in [5.41, 5.74) is 2.11. The van der Waals surface area contributed by atoms with Gasteiger partial charge >= 0.3 is 0 Å². The minimum absolute atomic E-state index is 0.00184. The summed E-state index contributed by atoms with van der Waals surface area (Å²) in [6, 6.07) is 18.3. The van der Waals surface area contributed by atoms with Crippen LogP contribution in [0.3, 0.4) is 0 Å². The maximum Gasteiger partial charge on any atom is 0.248 e. The number of nitrogens with zero attached hydrogens (tertiary/aromatic N) is 2. The highest BCUT2D eigenvalue weighted by Gasteiger charge is 2.66. The summed E-state index contributed by atoms with van der Waals surface area (Å²) in [4.78, 5) is 16.5. The van der Waals surface area contributed by atoms with Crippen molar-refractivity contribution < 1.29 is 19.4 Å². The number of aliphatic hydroxyl groups is 1. The Bertz CT molecular complexity index is 851. The molecule has 1 spiro atoms. The Morgan fingerprint density at radius 2 is 1.79 bits per heavy atom. The molecule has 0 unspecified atom stereocenters. The van der Waals surface area contributed by atoms with Crippen LogP contribution in [0.25, 0.3) is 0 Å². The predicted octanol–water partition coefficient (Wildman–Crippen LogP) is 1.88. The Kier molecular flexibility index (Phi) is 5.58. The van der Waals surface area contributed by atoms with E-state index in [9.17, 15) is 9.90 Å². The number of carbonyl (C=O) groups is 1. The molecule has 2 heterocycles. The molecule has 2 aromatic carbocycles. The molecule has 29 heavy (non-hydrogen) atoms. The first kappa shape index (κ1) is 19.9. The summed E-state index contributed by atoms with van der Waals surface area (Å²) in [6.45, 7) is 2.12. The van der Waals surface area contributed by atoms with Crippen LogP contribution in [0.4, 0.5) is 0 Å². The summed E-state index contributed by atoms with van der Waals surface area (Å²) in [5, 5.41) is 10.2. The molecule has 0 saturated carbocycles. The fourth-order valence-corrected chi connectivity index (χ4v) is 5.04. The molecule has 6 heteroatoms. The van der Waals surface area contributed by atoms with Crippen molar-refractivity contribution in [1.82, 2.24) is 9.80 Å². The number of rotatable bonds is 7. The third-order valence-corrected chi connectivity index (χ3v) is 6.36. The van der Waals surface area contributed by atoms with Gasteiger partial charge in [-0.1, -0.05) is 48.5 Å². The highest BCUT2D eigenvalue weighted by atomic mass is 16.5. The molecule has 0 bridgehead atoms. The summed E-state index contributed by atoms with van der Waals surface area (Å²) in [7, 11) is 3.22. The van der Waals surface area contributed by atoms with E-state index >= 15 is 0 Å². The minimum atomic E-state index is -0.182. The van der Waals surface area contributed by atoms with E-state index in [0.29, 0.717) is 19.6 Å². The van der Waals surface area contributed by atoms with Gasteiger partial charge in [0.05, 0.1) is 19.3 Å². The normalized spacial score (nSPS) is 22.8. The highest BCUT2D eigenvalue weighted by molar-refractivity contribution is 5.79. The standard InChI is InChI=1S/C23H28N2O4/c1-28-14-21(27)24-15-23(16-24)22(17-8-4-3-5-9-17)19(13-26)25(23)12-18-10-6-7-11-20(18)29-2/h3-11,19,22,26H,12-16H2,1-2H3/t19-,22+/m1/s1. The zero-order chi connectivity index (χ0) is 20.4. The van der Waals surface area contributed by atoms with Gasteiger partial charge in [-0.3, -0.25) is 9.69 Å². The number of hydrogen-bond donors (Lipinski definition) is 1. The van der Waals surface area contributed by atoms with E-state index in [0.717, 1.165) is 11.3 Å². The molecule has 1 amide bonds. The average molecular weight is 396 g/mol. The zero-order valence-corrected chi connectivity index (χ0v) is 17.0. The molecular weight excluding hydrogens is 368 g/mol. The monoisotopic (exact) mass is 396 g/mol. The molecule has 154 valence electrons. The van der Waals surface area contributed by atoms with E-state index < -0.39 is 0 Å². The van der Waals surface area contributed by atoms with Crippen LogP contribution in [0, 0.1) is 0 Å². The van der Waals surface area contributed by atoms with Crippen molar-refractivity contribution in [3.8, 4) is 5.75 Å². The second kappa shape index (κ2) is 8.14. The maximum atomic E-state index is 12.3. The van der Waals surface area contributed by atoms with E-state index in [1.165, 1.54) is 5.56 Å². The van der Waals surface area contributed by atoms with Crippen LogP contribution >= 0.6 is 0 Å². The lowest BCUT2D eigenvalue weighted by Crippen LogP contribution is -2.84. The van der Waals surface area contributed by atoms with Crippen LogP contribution in [0.5, 0.6) is 5.75 Å². The van der Waals surface area contributed by atoms with Crippen LogP contribution in [0.15, 0.2) is 54.6 Å². The van der Waals surface area contributed by atoms with E-state index in [1.54, 1.807) is 14.2 Å². The molecule has 2 fully saturated rings. The maximum absolute atomic E-state index is 12.3. The van der Waals surface area contributed by atoms with Gasteiger partial charge in [0.15, 0.2) is 0 Å². The molecular formula is C23H28N2O4. The minimum Gasteiger partial charge on any atom is -0.496 e. The molecule has 1 N–H and O–H groups in total. The Labute approximate surface area is 171 Å².